The molecule has 0 aliphatic heterocycles. The van der Waals surface area contributed by atoms with Crippen molar-refractivity contribution < 1.29 is 0 Å². The second-order valence-corrected chi connectivity index (χ2v) is 6.26. The normalized spacial score (nSPS) is 12.2. The number of hydrogen-bond acceptors (Lipinski definition) is 2. The van der Waals surface area contributed by atoms with E-state index >= 15 is 0 Å². The molecule has 0 spiro atoms. The Labute approximate surface area is 112 Å². The minimum absolute atomic E-state index is 0.0416. The molecule has 1 aromatic rings. The Bertz CT molecular complexity index is 377. The van der Waals surface area contributed by atoms with Crippen LogP contribution in [-0.2, 0) is 6.54 Å². The summed E-state index contributed by atoms with van der Waals surface area (Å²) in [6.45, 7) is 10.7. The molecule has 0 unspecified atom stereocenters. The van der Waals surface area contributed by atoms with Gasteiger partial charge in [0.2, 0.25) is 0 Å². The largest absolute Gasteiger partial charge is 0.326 e. The van der Waals surface area contributed by atoms with E-state index in [0.717, 1.165) is 25.9 Å². The first-order valence-electron chi connectivity index (χ1n) is 6.81. The van der Waals surface area contributed by atoms with Gasteiger partial charge >= 0.3 is 0 Å². The summed E-state index contributed by atoms with van der Waals surface area (Å²) in [7, 11) is 2.19. The highest BCUT2D eigenvalue weighted by atomic mass is 15.1. The molecule has 2 nitrogen and oxygen atoms in total. The van der Waals surface area contributed by atoms with Crippen molar-refractivity contribution >= 4 is 0 Å². The lowest BCUT2D eigenvalue weighted by Crippen LogP contribution is -2.33. The Balaban J connectivity index is 2.44. The van der Waals surface area contributed by atoms with Crippen LogP contribution in [0.25, 0.3) is 0 Å². The van der Waals surface area contributed by atoms with Gasteiger partial charge in [0, 0.05) is 12.1 Å². The number of hydrogen-bond donors (Lipinski definition) is 1. The molecule has 0 fully saturated rings. The molecule has 2 N–H and O–H groups in total. The fourth-order valence-electron chi connectivity index (χ4n) is 2.15. The summed E-state index contributed by atoms with van der Waals surface area (Å²) in [4.78, 5) is 2.38. The predicted molar refractivity (Wildman–Crippen MR) is 79.8 cm³/mol. The van der Waals surface area contributed by atoms with E-state index < -0.39 is 0 Å². The molecular weight excluding hydrogens is 220 g/mol. The maximum Gasteiger partial charge on any atom is 0.0233 e. The summed E-state index contributed by atoms with van der Waals surface area (Å²) in [6, 6.07) is 6.68. The van der Waals surface area contributed by atoms with Crippen LogP contribution in [0.5, 0.6) is 0 Å². The second-order valence-electron chi connectivity index (χ2n) is 6.26. The lowest BCUT2D eigenvalue weighted by atomic mass is 10.00. The lowest BCUT2D eigenvalue weighted by molar-refractivity contribution is 0.302. The summed E-state index contributed by atoms with van der Waals surface area (Å²) in [5.74, 6) is 0. The van der Waals surface area contributed by atoms with E-state index in [2.05, 4.69) is 57.8 Å². The van der Waals surface area contributed by atoms with Gasteiger partial charge in [-0.15, -0.1) is 0 Å². The predicted octanol–water partition coefficient (Wildman–Crippen LogP) is 3.25. The van der Waals surface area contributed by atoms with E-state index in [0.29, 0.717) is 0 Å². The first-order chi connectivity index (χ1) is 8.28. The third kappa shape index (κ3) is 5.65. The summed E-state index contributed by atoms with van der Waals surface area (Å²) < 4.78 is 0. The van der Waals surface area contributed by atoms with Gasteiger partial charge in [-0.25, -0.2) is 0 Å². The van der Waals surface area contributed by atoms with Crippen LogP contribution in [0.15, 0.2) is 18.2 Å². The SMILES string of the molecule is Cc1ccc(C)c(CN(C)CCCC(C)(C)N)c1. The van der Waals surface area contributed by atoms with Gasteiger partial charge in [0.15, 0.2) is 0 Å². The van der Waals surface area contributed by atoms with Crippen LogP contribution in [0.3, 0.4) is 0 Å². The van der Waals surface area contributed by atoms with Crippen molar-refractivity contribution in [3.63, 3.8) is 0 Å². The molecule has 0 radical (unpaired) electrons. The standard InChI is InChI=1S/C16H28N2/c1-13-7-8-14(2)15(11-13)12-18(5)10-6-9-16(3,4)17/h7-8,11H,6,9-10,12,17H2,1-5H3. The molecule has 0 amide bonds. The molecule has 0 saturated carbocycles. The smallest absolute Gasteiger partial charge is 0.0233 e. The molecular formula is C16H28N2. The fourth-order valence-corrected chi connectivity index (χ4v) is 2.15. The van der Waals surface area contributed by atoms with Crippen molar-refractivity contribution in [2.75, 3.05) is 13.6 Å². The van der Waals surface area contributed by atoms with Crippen molar-refractivity contribution in [2.45, 2.75) is 52.6 Å². The Morgan fingerprint density at radius 1 is 1.22 bits per heavy atom. The van der Waals surface area contributed by atoms with Crippen LogP contribution in [0.4, 0.5) is 0 Å². The second kappa shape index (κ2) is 6.35. The minimum Gasteiger partial charge on any atom is -0.326 e. The summed E-state index contributed by atoms with van der Waals surface area (Å²) >= 11 is 0. The zero-order valence-electron chi connectivity index (χ0n) is 12.6. The number of rotatable bonds is 6. The quantitative estimate of drug-likeness (QED) is 0.837. The maximum atomic E-state index is 6.00. The van der Waals surface area contributed by atoms with E-state index in [9.17, 15) is 0 Å². The van der Waals surface area contributed by atoms with Gasteiger partial charge < -0.3 is 10.6 Å². The molecule has 0 aromatic heterocycles. The van der Waals surface area contributed by atoms with Gasteiger partial charge in [-0.05, 0) is 65.3 Å². The van der Waals surface area contributed by atoms with Gasteiger partial charge in [0.25, 0.3) is 0 Å². The molecule has 1 aromatic carbocycles. The molecule has 1 rings (SSSR count). The highest BCUT2D eigenvalue weighted by molar-refractivity contribution is 5.30. The zero-order valence-corrected chi connectivity index (χ0v) is 12.6. The Kier molecular flexibility index (Phi) is 5.36. The lowest BCUT2D eigenvalue weighted by Gasteiger charge is -2.22. The molecule has 102 valence electrons. The van der Waals surface area contributed by atoms with Gasteiger partial charge in [-0.2, -0.15) is 0 Å². The van der Waals surface area contributed by atoms with Crippen molar-refractivity contribution in [1.29, 1.82) is 0 Å². The third-order valence-electron chi connectivity index (χ3n) is 3.31. The van der Waals surface area contributed by atoms with Crippen LogP contribution < -0.4 is 5.73 Å². The van der Waals surface area contributed by atoms with Crippen LogP contribution in [0, 0.1) is 13.8 Å². The van der Waals surface area contributed by atoms with Crippen LogP contribution >= 0.6 is 0 Å². The van der Waals surface area contributed by atoms with E-state index in [4.69, 9.17) is 5.73 Å². The summed E-state index contributed by atoms with van der Waals surface area (Å²) in [5, 5.41) is 0. The molecule has 0 atom stereocenters. The number of aryl methyl sites for hydroxylation is 2. The van der Waals surface area contributed by atoms with Crippen LogP contribution in [-0.4, -0.2) is 24.0 Å². The molecule has 0 aliphatic carbocycles. The highest BCUT2D eigenvalue weighted by Gasteiger charge is 2.10. The Morgan fingerprint density at radius 3 is 2.50 bits per heavy atom. The molecule has 0 saturated heterocycles. The maximum absolute atomic E-state index is 6.00. The Morgan fingerprint density at radius 2 is 1.89 bits per heavy atom. The van der Waals surface area contributed by atoms with Crippen molar-refractivity contribution in [2.24, 2.45) is 5.73 Å². The van der Waals surface area contributed by atoms with Gasteiger partial charge in [0.1, 0.15) is 0 Å². The minimum atomic E-state index is -0.0416. The van der Waals surface area contributed by atoms with Gasteiger partial charge in [0.05, 0.1) is 0 Å². The highest BCUT2D eigenvalue weighted by Crippen LogP contribution is 2.14. The Hall–Kier alpha value is -0.860. The summed E-state index contributed by atoms with van der Waals surface area (Å²) in [5.41, 5.74) is 10.1. The van der Waals surface area contributed by atoms with E-state index in [-0.39, 0.29) is 5.54 Å². The summed E-state index contributed by atoms with van der Waals surface area (Å²) in [6.07, 6.45) is 2.23. The molecule has 18 heavy (non-hydrogen) atoms. The third-order valence-corrected chi connectivity index (χ3v) is 3.31. The number of benzene rings is 1. The number of nitrogens with two attached hydrogens (primary N) is 1. The van der Waals surface area contributed by atoms with Gasteiger partial charge in [-0.3, -0.25) is 0 Å². The average molecular weight is 248 g/mol. The first kappa shape index (κ1) is 15.2. The average Bonchev–Trinajstić information content (AvgIpc) is 2.21. The fraction of sp³-hybridized carbons (Fsp3) is 0.625. The molecule has 2 heteroatoms. The van der Waals surface area contributed by atoms with E-state index in [1.807, 2.05) is 0 Å². The molecule has 0 aliphatic rings. The molecule has 0 bridgehead atoms. The van der Waals surface area contributed by atoms with Crippen molar-refractivity contribution in [1.82, 2.24) is 4.90 Å². The van der Waals surface area contributed by atoms with E-state index in [1.165, 1.54) is 16.7 Å². The topological polar surface area (TPSA) is 29.3 Å². The zero-order chi connectivity index (χ0) is 13.8. The van der Waals surface area contributed by atoms with E-state index in [1.54, 1.807) is 0 Å². The molecule has 0 heterocycles. The van der Waals surface area contributed by atoms with Crippen LogP contribution in [0.2, 0.25) is 0 Å². The van der Waals surface area contributed by atoms with Crippen molar-refractivity contribution in [3.05, 3.63) is 34.9 Å². The van der Waals surface area contributed by atoms with Gasteiger partial charge in [-0.1, -0.05) is 23.8 Å². The number of nitrogens with zero attached hydrogens (tertiary/aromatic N) is 1. The first-order valence-corrected chi connectivity index (χ1v) is 6.81. The van der Waals surface area contributed by atoms with Crippen LogP contribution in [0.1, 0.15) is 43.4 Å². The monoisotopic (exact) mass is 248 g/mol. The van der Waals surface area contributed by atoms with Crippen molar-refractivity contribution in [3.8, 4) is 0 Å².